The van der Waals surface area contributed by atoms with E-state index in [-0.39, 0.29) is 24.0 Å². The molecule has 1 aliphatic rings. The number of carbonyl (C=O) groups excluding carboxylic acids is 2. The molecule has 1 amide bonds. The normalized spacial score (nSPS) is 13.9. The van der Waals surface area contributed by atoms with Crippen LogP contribution in [0.5, 0.6) is 0 Å². The van der Waals surface area contributed by atoms with Crippen LogP contribution in [0.15, 0.2) is 48.1 Å². The Labute approximate surface area is 176 Å². The first kappa shape index (κ1) is 19.9. The fraction of sp³-hybridized carbons (Fsp3) is 0.250. The van der Waals surface area contributed by atoms with Gasteiger partial charge in [-0.3, -0.25) is 4.79 Å². The van der Waals surface area contributed by atoms with Gasteiger partial charge in [0.15, 0.2) is 23.1 Å². The minimum absolute atomic E-state index is 0.122. The molecule has 0 atom stereocenters. The summed E-state index contributed by atoms with van der Waals surface area (Å²) in [6.07, 6.45) is 3.19. The number of halogens is 1. The number of rotatable bonds is 5. The van der Waals surface area contributed by atoms with E-state index < -0.39 is 5.97 Å². The summed E-state index contributed by atoms with van der Waals surface area (Å²) in [5, 5.41) is 2.06. The van der Waals surface area contributed by atoms with Gasteiger partial charge in [0.2, 0.25) is 0 Å². The second-order valence-electron chi connectivity index (χ2n) is 6.53. The zero-order valence-electron chi connectivity index (χ0n) is 15.9. The van der Waals surface area contributed by atoms with Gasteiger partial charge in [0, 0.05) is 49.6 Å². The third-order valence-electron chi connectivity index (χ3n) is 4.62. The third kappa shape index (κ3) is 4.60. The number of ether oxygens (including phenoxy) is 1. The van der Waals surface area contributed by atoms with E-state index in [2.05, 4.69) is 19.9 Å². The van der Waals surface area contributed by atoms with Crippen LogP contribution in [0.1, 0.15) is 10.5 Å². The molecule has 0 bridgehead atoms. The number of hydrogen-bond donors (Lipinski definition) is 0. The first-order chi connectivity index (χ1) is 14.6. The zero-order valence-corrected chi connectivity index (χ0v) is 16.7. The van der Waals surface area contributed by atoms with Crippen LogP contribution in [0.25, 0.3) is 10.8 Å². The molecule has 2 aromatic heterocycles. The quantitative estimate of drug-likeness (QED) is 0.577. The van der Waals surface area contributed by atoms with Gasteiger partial charge < -0.3 is 14.5 Å². The molecule has 0 spiro atoms. The first-order valence-corrected chi connectivity index (χ1v) is 10.2. The van der Waals surface area contributed by atoms with E-state index in [1.807, 2.05) is 0 Å². The summed E-state index contributed by atoms with van der Waals surface area (Å²) in [7, 11) is 0. The van der Waals surface area contributed by atoms with E-state index in [0.717, 1.165) is 5.69 Å². The summed E-state index contributed by atoms with van der Waals surface area (Å²) < 4.78 is 18.2. The summed E-state index contributed by atoms with van der Waals surface area (Å²) in [6.45, 7) is 1.90. The molecule has 0 saturated carbocycles. The lowest BCUT2D eigenvalue weighted by Gasteiger charge is -2.36. The molecule has 1 aliphatic heterocycles. The summed E-state index contributed by atoms with van der Waals surface area (Å²) in [6, 6.07) is 7.96. The van der Waals surface area contributed by atoms with Crippen molar-refractivity contribution in [2.24, 2.45) is 0 Å². The molecule has 0 radical (unpaired) electrons. The highest BCUT2D eigenvalue weighted by Crippen LogP contribution is 2.20. The molecule has 0 unspecified atom stereocenters. The van der Waals surface area contributed by atoms with Crippen LogP contribution in [0.4, 0.5) is 10.1 Å². The van der Waals surface area contributed by atoms with Crippen molar-refractivity contribution in [3.8, 4) is 10.8 Å². The molecule has 30 heavy (non-hydrogen) atoms. The summed E-state index contributed by atoms with van der Waals surface area (Å²) in [5.74, 6) is -0.773. The number of aromatic nitrogens is 3. The number of hydrogen-bond acceptors (Lipinski definition) is 8. The Bertz CT molecular complexity index is 1020. The lowest BCUT2D eigenvalue weighted by atomic mass is 10.2. The Morgan fingerprint density at radius 1 is 1.07 bits per heavy atom. The van der Waals surface area contributed by atoms with Gasteiger partial charge in [-0.05, 0) is 30.3 Å². The highest BCUT2D eigenvalue weighted by atomic mass is 32.1. The van der Waals surface area contributed by atoms with Gasteiger partial charge in [-0.25, -0.2) is 24.1 Å². The number of thiazole rings is 1. The van der Waals surface area contributed by atoms with Crippen LogP contribution < -0.4 is 4.90 Å². The van der Waals surface area contributed by atoms with Gasteiger partial charge >= 0.3 is 5.97 Å². The predicted octanol–water partition coefficient (Wildman–Crippen LogP) is 2.24. The maximum absolute atomic E-state index is 13.1. The van der Waals surface area contributed by atoms with Crippen molar-refractivity contribution in [2.75, 3.05) is 37.7 Å². The Balaban J connectivity index is 1.26. The largest absolute Gasteiger partial charge is 0.451 e. The zero-order chi connectivity index (χ0) is 20.9. The Morgan fingerprint density at radius 2 is 1.77 bits per heavy atom. The standard InChI is InChI=1S/C20H18FN5O3S/c21-14-2-4-15(5-3-14)25-8-10-26(11-9-25)17(27)12-29-20(28)16-13-30-19(24-16)18-22-6-1-7-23-18/h1-7,13H,8-12H2. The number of anilines is 1. The smallest absolute Gasteiger partial charge is 0.358 e. The Morgan fingerprint density at radius 3 is 2.47 bits per heavy atom. The molecule has 1 fully saturated rings. The summed E-state index contributed by atoms with van der Waals surface area (Å²) in [4.78, 5) is 40.7. The molecular weight excluding hydrogens is 409 g/mol. The molecule has 3 heterocycles. The molecular formula is C20H18FN5O3S. The molecule has 4 rings (SSSR count). The van der Waals surface area contributed by atoms with E-state index in [1.54, 1.807) is 40.9 Å². The lowest BCUT2D eigenvalue weighted by Crippen LogP contribution is -2.49. The Kier molecular flexibility index (Phi) is 5.94. The average Bonchev–Trinajstić information content (AvgIpc) is 3.29. The molecule has 0 aliphatic carbocycles. The fourth-order valence-corrected chi connectivity index (χ4v) is 3.77. The topological polar surface area (TPSA) is 88.5 Å². The van der Waals surface area contributed by atoms with Crippen molar-refractivity contribution in [1.82, 2.24) is 19.9 Å². The second kappa shape index (κ2) is 8.95. The van der Waals surface area contributed by atoms with Crippen molar-refractivity contribution in [3.05, 3.63) is 59.6 Å². The van der Waals surface area contributed by atoms with Crippen LogP contribution in [0.2, 0.25) is 0 Å². The van der Waals surface area contributed by atoms with Crippen molar-refractivity contribution < 1.29 is 18.7 Å². The molecule has 1 saturated heterocycles. The number of amides is 1. The van der Waals surface area contributed by atoms with Gasteiger partial charge in [-0.1, -0.05) is 0 Å². The van der Waals surface area contributed by atoms with Crippen molar-refractivity contribution >= 4 is 28.9 Å². The predicted molar refractivity (Wildman–Crippen MR) is 109 cm³/mol. The van der Waals surface area contributed by atoms with Gasteiger partial charge in [0.05, 0.1) is 0 Å². The lowest BCUT2D eigenvalue weighted by molar-refractivity contribution is -0.134. The van der Waals surface area contributed by atoms with E-state index >= 15 is 0 Å². The molecule has 0 N–H and O–H groups in total. The molecule has 3 aromatic rings. The maximum atomic E-state index is 13.1. The van der Waals surface area contributed by atoms with Gasteiger partial charge in [0.25, 0.3) is 5.91 Å². The fourth-order valence-electron chi connectivity index (χ4n) is 3.04. The summed E-state index contributed by atoms with van der Waals surface area (Å²) in [5.41, 5.74) is 1.04. The van der Waals surface area contributed by atoms with Crippen LogP contribution in [-0.2, 0) is 9.53 Å². The van der Waals surface area contributed by atoms with Crippen LogP contribution in [0, 0.1) is 5.82 Å². The summed E-state index contributed by atoms with van der Waals surface area (Å²) >= 11 is 1.23. The van der Waals surface area contributed by atoms with Gasteiger partial charge in [0.1, 0.15) is 5.82 Å². The van der Waals surface area contributed by atoms with E-state index in [0.29, 0.717) is 37.0 Å². The van der Waals surface area contributed by atoms with Crippen molar-refractivity contribution in [2.45, 2.75) is 0 Å². The van der Waals surface area contributed by atoms with Crippen LogP contribution in [0.3, 0.4) is 0 Å². The molecule has 8 nitrogen and oxygen atoms in total. The van der Waals surface area contributed by atoms with Gasteiger partial charge in [-0.2, -0.15) is 0 Å². The number of benzene rings is 1. The molecule has 154 valence electrons. The van der Waals surface area contributed by atoms with Crippen molar-refractivity contribution in [3.63, 3.8) is 0 Å². The first-order valence-electron chi connectivity index (χ1n) is 9.28. The number of carbonyl (C=O) groups is 2. The number of nitrogens with zero attached hydrogens (tertiary/aromatic N) is 5. The molecule has 1 aromatic carbocycles. The van der Waals surface area contributed by atoms with E-state index in [4.69, 9.17) is 4.74 Å². The third-order valence-corrected chi connectivity index (χ3v) is 5.46. The number of piperazine rings is 1. The number of esters is 1. The second-order valence-corrected chi connectivity index (χ2v) is 7.39. The van der Waals surface area contributed by atoms with Crippen LogP contribution in [-0.4, -0.2) is 64.5 Å². The van der Waals surface area contributed by atoms with Crippen molar-refractivity contribution in [1.29, 1.82) is 0 Å². The maximum Gasteiger partial charge on any atom is 0.358 e. The highest BCUT2D eigenvalue weighted by Gasteiger charge is 2.23. The minimum Gasteiger partial charge on any atom is -0.451 e. The van der Waals surface area contributed by atoms with E-state index in [9.17, 15) is 14.0 Å². The molecule has 10 heteroatoms. The SMILES string of the molecule is O=C(OCC(=O)N1CCN(c2ccc(F)cc2)CC1)c1csc(-c2ncccn2)n1. The van der Waals surface area contributed by atoms with E-state index in [1.165, 1.54) is 23.5 Å². The highest BCUT2D eigenvalue weighted by molar-refractivity contribution is 7.13. The van der Waals surface area contributed by atoms with Gasteiger partial charge in [-0.15, -0.1) is 11.3 Å². The Hall–Kier alpha value is -3.40. The monoisotopic (exact) mass is 427 g/mol. The average molecular weight is 427 g/mol. The minimum atomic E-state index is -0.660. The van der Waals surface area contributed by atoms with Crippen LogP contribution >= 0.6 is 11.3 Å².